The third-order valence-electron chi connectivity index (χ3n) is 4.77. The number of carbonyl (C=O) groups is 1. The number of carbonyl (C=O) groups excluding carboxylic acids is 1. The topological polar surface area (TPSA) is 81.0 Å². The number of ketones is 1. The van der Waals surface area contributed by atoms with Crippen molar-refractivity contribution in [3.05, 3.63) is 71.2 Å². The van der Waals surface area contributed by atoms with Crippen molar-refractivity contribution < 1.29 is 13.9 Å². The van der Waals surface area contributed by atoms with E-state index in [1.165, 1.54) is 17.3 Å². The second-order valence-electron chi connectivity index (χ2n) is 6.59. The van der Waals surface area contributed by atoms with Gasteiger partial charge in [0.05, 0.1) is 19.3 Å². The van der Waals surface area contributed by atoms with Gasteiger partial charge in [0.2, 0.25) is 5.89 Å². The fraction of sp³-hybridized carbons (Fsp3) is 0.227. The molecule has 4 aromatic rings. The van der Waals surface area contributed by atoms with Crippen LogP contribution >= 0.6 is 11.8 Å². The molecule has 0 fully saturated rings. The van der Waals surface area contributed by atoms with Crippen LogP contribution in [0.5, 0.6) is 5.75 Å². The van der Waals surface area contributed by atoms with Crippen LogP contribution in [-0.2, 0) is 12.8 Å². The maximum atomic E-state index is 12.7. The highest BCUT2D eigenvalue weighted by molar-refractivity contribution is 7.99. The number of rotatable bonds is 8. The maximum Gasteiger partial charge on any atom is 0.277 e. The maximum absolute atomic E-state index is 12.7. The van der Waals surface area contributed by atoms with Gasteiger partial charge in [-0.3, -0.25) is 4.79 Å². The normalized spacial score (nSPS) is 11.1. The molecule has 0 radical (unpaired) electrons. The number of hydrogen-bond donors (Lipinski definition) is 1. The average Bonchev–Trinajstić information content (AvgIpc) is 3.39. The molecule has 7 heteroatoms. The van der Waals surface area contributed by atoms with Crippen molar-refractivity contribution in [3.63, 3.8) is 0 Å². The van der Waals surface area contributed by atoms with Crippen molar-refractivity contribution in [2.75, 3.05) is 12.9 Å². The number of nitrogens with one attached hydrogen (secondary N) is 1. The smallest absolute Gasteiger partial charge is 0.277 e. The van der Waals surface area contributed by atoms with Gasteiger partial charge in [-0.2, -0.15) is 0 Å². The largest absolute Gasteiger partial charge is 0.497 e. The first-order chi connectivity index (χ1) is 14.2. The lowest BCUT2D eigenvalue weighted by atomic mass is 10.1. The number of hydrogen-bond acceptors (Lipinski definition) is 6. The fourth-order valence-electron chi connectivity index (χ4n) is 3.23. The van der Waals surface area contributed by atoms with E-state index in [0.29, 0.717) is 23.1 Å². The fourth-order valence-corrected chi connectivity index (χ4v) is 3.90. The van der Waals surface area contributed by atoms with Gasteiger partial charge in [-0.25, -0.2) is 0 Å². The Morgan fingerprint density at radius 1 is 1.17 bits per heavy atom. The molecule has 0 aliphatic carbocycles. The van der Waals surface area contributed by atoms with Gasteiger partial charge in [0, 0.05) is 22.7 Å². The summed E-state index contributed by atoms with van der Waals surface area (Å²) >= 11 is 1.26. The lowest BCUT2D eigenvalue weighted by Crippen LogP contribution is -2.01. The monoisotopic (exact) mass is 407 g/mol. The van der Waals surface area contributed by atoms with E-state index in [9.17, 15) is 4.79 Å². The first kappa shape index (κ1) is 19.3. The van der Waals surface area contributed by atoms with Crippen molar-refractivity contribution in [2.45, 2.75) is 25.0 Å². The number of methoxy groups -OCH3 is 1. The molecule has 0 aliphatic rings. The summed E-state index contributed by atoms with van der Waals surface area (Å²) < 4.78 is 10.8. The Bertz CT molecular complexity index is 1130. The number of aromatic amines is 1. The lowest BCUT2D eigenvalue weighted by molar-refractivity contribution is 0.102. The van der Waals surface area contributed by atoms with E-state index in [1.807, 2.05) is 36.4 Å². The first-order valence-electron chi connectivity index (χ1n) is 9.38. The van der Waals surface area contributed by atoms with Gasteiger partial charge in [-0.05, 0) is 29.7 Å². The van der Waals surface area contributed by atoms with Crippen LogP contribution in [0.3, 0.4) is 0 Å². The van der Waals surface area contributed by atoms with E-state index in [2.05, 4.69) is 28.2 Å². The van der Waals surface area contributed by atoms with E-state index in [-0.39, 0.29) is 11.5 Å². The van der Waals surface area contributed by atoms with Crippen LogP contribution in [0.25, 0.3) is 10.9 Å². The number of aromatic nitrogens is 3. The molecule has 2 aromatic carbocycles. The number of para-hydroxylation sites is 1. The van der Waals surface area contributed by atoms with Crippen LogP contribution < -0.4 is 4.74 Å². The predicted molar refractivity (Wildman–Crippen MR) is 113 cm³/mol. The Labute approximate surface area is 172 Å². The minimum absolute atomic E-state index is 0.0319. The van der Waals surface area contributed by atoms with Crippen molar-refractivity contribution in [1.82, 2.24) is 15.2 Å². The van der Waals surface area contributed by atoms with Gasteiger partial charge < -0.3 is 14.1 Å². The summed E-state index contributed by atoms with van der Waals surface area (Å²) in [6, 6.07) is 13.7. The molecule has 2 aromatic heterocycles. The van der Waals surface area contributed by atoms with E-state index >= 15 is 0 Å². The van der Waals surface area contributed by atoms with E-state index in [4.69, 9.17) is 9.15 Å². The zero-order valence-electron chi connectivity index (χ0n) is 16.3. The third kappa shape index (κ3) is 4.19. The molecule has 0 saturated carbocycles. The summed E-state index contributed by atoms with van der Waals surface area (Å²) in [6.45, 7) is 2.10. The van der Waals surface area contributed by atoms with Crippen LogP contribution in [-0.4, -0.2) is 33.8 Å². The Hall–Kier alpha value is -3.06. The van der Waals surface area contributed by atoms with Gasteiger partial charge in [0.1, 0.15) is 5.75 Å². The highest BCUT2D eigenvalue weighted by Gasteiger charge is 2.16. The second-order valence-corrected chi connectivity index (χ2v) is 7.52. The molecule has 2 heterocycles. The van der Waals surface area contributed by atoms with Crippen molar-refractivity contribution >= 4 is 28.4 Å². The third-order valence-corrected chi connectivity index (χ3v) is 5.59. The highest BCUT2D eigenvalue weighted by Crippen LogP contribution is 2.25. The van der Waals surface area contributed by atoms with Gasteiger partial charge in [0.25, 0.3) is 5.22 Å². The number of fused-ring (bicyclic) bond motifs is 1. The van der Waals surface area contributed by atoms with Crippen LogP contribution in [0.1, 0.15) is 34.3 Å². The minimum Gasteiger partial charge on any atom is -0.497 e. The molecule has 29 heavy (non-hydrogen) atoms. The van der Waals surface area contributed by atoms with E-state index < -0.39 is 0 Å². The average molecular weight is 407 g/mol. The van der Waals surface area contributed by atoms with E-state index in [0.717, 1.165) is 28.6 Å². The van der Waals surface area contributed by atoms with Crippen molar-refractivity contribution in [3.8, 4) is 5.75 Å². The van der Waals surface area contributed by atoms with Crippen molar-refractivity contribution in [2.24, 2.45) is 0 Å². The summed E-state index contributed by atoms with van der Waals surface area (Å²) in [5.41, 5.74) is 3.98. The zero-order chi connectivity index (χ0) is 20.2. The van der Waals surface area contributed by atoms with Crippen LogP contribution in [0.4, 0.5) is 0 Å². The van der Waals surface area contributed by atoms with Crippen LogP contribution in [0.2, 0.25) is 0 Å². The Morgan fingerprint density at radius 3 is 2.76 bits per heavy atom. The number of nitrogens with zero attached hydrogens (tertiary/aromatic N) is 2. The van der Waals surface area contributed by atoms with E-state index in [1.54, 1.807) is 13.3 Å². The molecule has 4 rings (SSSR count). The number of Topliss-reactive ketones (excluding diaryl/α,β-unsaturated/α-hetero) is 1. The number of aryl methyl sites for hydroxylation is 1. The first-order valence-corrected chi connectivity index (χ1v) is 10.4. The molecule has 0 spiro atoms. The number of thioether (sulfide) groups is 1. The molecular formula is C22H21N3O3S. The molecule has 0 bridgehead atoms. The predicted octanol–water partition coefficient (Wildman–Crippen LogP) is 4.69. The number of H-pyrrole nitrogens is 1. The standard InChI is InChI=1S/C22H21N3O3S/c1-3-15-5-4-6-17-18(12-23-21(15)17)19(26)13-29-22-25-24-20(28-22)11-14-7-9-16(27-2)10-8-14/h4-10,12,23H,3,11,13H2,1-2H3. The quantitative estimate of drug-likeness (QED) is 0.337. The lowest BCUT2D eigenvalue weighted by Gasteiger charge is -2.01. The summed E-state index contributed by atoms with van der Waals surface area (Å²) in [7, 11) is 1.64. The van der Waals surface area contributed by atoms with Crippen molar-refractivity contribution in [1.29, 1.82) is 0 Å². The summed E-state index contributed by atoms with van der Waals surface area (Å²) in [5.74, 6) is 1.60. The summed E-state index contributed by atoms with van der Waals surface area (Å²) in [4.78, 5) is 15.9. The molecule has 148 valence electrons. The van der Waals surface area contributed by atoms with Gasteiger partial charge in [0.15, 0.2) is 5.78 Å². The van der Waals surface area contributed by atoms with Gasteiger partial charge in [-0.15, -0.1) is 10.2 Å². The molecule has 6 nitrogen and oxygen atoms in total. The summed E-state index contributed by atoms with van der Waals surface area (Å²) in [6.07, 6.45) is 3.24. The highest BCUT2D eigenvalue weighted by atomic mass is 32.2. The molecular weight excluding hydrogens is 386 g/mol. The van der Waals surface area contributed by atoms with Gasteiger partial charge in [-0.1, -0.05) is 49.0 Å². The molecule has 0 atom stereocenters. The molecule has 1 N–H and O–H groups in total. The molecule has 0 saturated heterocycles. The molecule has 0 aliphatic heterocycles. The van der Waals surface area contributed by atoms with Crippen LogP contribution in [0.15, 0.2) is 58.3 Å². The zero-order valence-corrected chi connectivity index (χ0v) is 17.1. The molecule has 0 amide bonds. The van der Waals surface area contributed by atoms with Gasteiger partial charge >= 0.3 is 0 Å². The second kappa shape index (κ2) is 8.53. The summed E-state index contributed by atoms with van der Waals surface area (Å²) in [5, 5.41) is 9.49. The van der Waals surface area contributed by atoms with Crippen LogP contribution in [0, 0.1) is 0 Å². The minimum atomic E-state index is 0.0319. The Kier molecular flexibility index (Phi) is 5.67. The molecule has 0 unspecified atom stereocenters. The Balaban J connectivity index is 1.40. The Morgan fingerprint density at radius 2 is 2.00 bits per heavy atom. The SMILES string of the molecule is CCc1cccc2c(C(=O)CSc3nnc(Cc4ccc(OC)cc4)o3)c[nH]c12. The number of benzene rings is 2. The number of ether oxygens (including phenoxy) is 1.